The minimum atomic E-state index is -0.345. The number of rotatable bonds is 8. The third-order valence-corrected chi connectivity index (χ3v) is 5.52. The minimum absolute atomic E-state index is 0.0539. The van der Waals surface area contributed by atoms with Gasteiger partial charge in [0.1, 0.15) is 6.54 Å². The number of ketones is 1. The van der Waals surface area contributed by atoms with Crippen molar-refractivity contribution in [2.45, 2.75) is 45.7 Å². The van der Waals surface area contributed by atoms with E-state index < -0.39 is 0 Å². The zero-order valence-corrected chi connectivity index (χ0v) is 18.9. The zero-order valence-electron chi connectivity index (χ0n) is 17.4. The van der Waals surface area contributed by atoms with E-state index >= 15 is 0 Å². The molecule has 158 valence electrons. The standard InChI is InChI=1S/C23H25Cl2N3O2/c1-16-5-4-6-18(13-16)23(2,3)14-20(29)15-28-22(30)27(12-11-24)21(26-28)17-7-9-19(25)10-8-17/h4-10,13H,11-12,14-15H2,1-3H3. The van der Waals surface area contributed by atoms with Gasteiger partial charge >= 0.3 is 5.69 Å². The fraction of sp³-hybridized carbons (Fsp3) is 0.348. The molecule has 0 fully saturated rings. The minimum Gasteiger partial charge on any atom is -0.298 e. The summed E-state index contributed by atoms with van der Waals surface area (Å²) in [6.07, 6.45) is 0.307. The summed E-state index contributed by atoms with van der Waals surface area (Å²) in [6, 6.07) is 15.2. The highest BCUT2D eigenvalue weighted by atomic mass is 35.5. The molecule has 0 bridgehead atoms. The molecule has 5 nitrogen and oxygen atoms in total. The Morgan fingerprint density at radius 2 is 1.83 bits per heavy atom. The highest BCUT2D eigenvalue weighted by molar-refractivity contribution is 6.30. The van der Waals surface area contributed by atoms with Crippen LogP contribution >= 0.6 is 23.2 Å². The van der Waals surface area contributed by atoms with Crippen molar-refractivity contribution in [3.05, 3.63) is 75.2 Å². The molecule has 0 aliphatic carbocycles. The SMILES string of the molecule is Cc1cccc(C(C)(C)CC(=O)Cn2nc(-c3ccc(Cl)cc3)n(CCCl)c2=O)c1. The number of aryl methyl sites for hydroxylation is 1. The van der Waals surface area contributed by atoms with Crippen molar-refractivity contribution >= 4 is 29.0 Å². The maximum absolute atomic E-state index is 12.9. The molecule has 0 amide bonds. The van der Waals surface area contributed by atoms with Crippen LogP contribution in [0.15, 0.2) is 53.3 Å². The van der Waals surface area contributed by atoms with E-state index in [1.807, 2.05) is 39.0 Å². The van der Waals surface area contributed by atoms with Gasteiger partial charge in [0.2, 0.25) is 0 Å². The Labute approximate surface area is 186 Å². The molecule has 0 unspecified atom stereocenters. The topological polar surface area (TPSA) is 56.9 Å². The Kier molecular flexibility index (Phi) is 6.84. The van der Waals surface area contributed by atoms with E-state index in [4.69, 9.17) is 23.2 Å². The number of Topliss-reactive ketones (excluding diaryl/α,β-unsaturated/α-hetero) is 1. The number of benzene rings is 2. The second-order valence-corrected chi connectivity index (χ2v) is 8.89. The largest absolute Gasteiger partial charge is 0.346 e. The molecule has 2 aromatic carbocycles. The lowest BCUT2D eigenvalue weighted by molar-refractivity contribution is -0.120. The van der Waals surface area contributed by atoms with E-state index in [-0.39, 0.29) is 29.3 Å². The third kappa shape index (κ3) is 5.02. The van der Waals surface area contributed by atoms with Crippen LogP contribution in [-0.2, 0) is 23.3 Å². The smallest absolute Gasteiger partial charge is 0.298 e. The first-order chi connectivity index (χ1) is 14.2. The van der Waals surface area contributed by atoms with E-state index in [0.29, 0.717) is 23.8 Å². The van der Waals surface area contributed by atoms with Crippen molar-refractivity contribution in [2.24, 2.45) is 0 Å². The number of aromatic nitrogens is 3. The molecule has 1 aromatic heterocycles. The third-order valence-electron chi connectivity index (χ3n) is 5.10. The lowest BCUT2D eigenvalue weighted by Gasteiger charge is -2.24. The molecular weight excluding hydrogens is 421 g/mol. The molecule has 0 saturated heterocycles. The Morgan fingerprint density at radius 1 is 1.13 bits per heavy atom. The molecule has 0 aliphatic rings. The molecule has 0 aliphatic heterocycles. The van der Waals surface area contributed by atoms with Gasteiger partial charge in [-0.1, -0.05) is 55.3 Å². The summed E-state index contributed by atoms with van der Waals surface area (Å²) in [5.74, 6) is 0.686. The molecule has 0 N–H and O–H groups in total. The number of carbonyl (C=O) groups excluding carboxylic acids is 1. The zero-order chi connectivity index (χ0) is 21.9. The number of alkyl halides is 1. The van der Waals surface area contributed by atoms with E-state index in [9.17, 15) is 9.59 Å². The Morgan fingerprint density at radius 3 is 2.47 bits per heavy atom. The number of hydrogen-bond acceptors (Lipinski definition) is 3. The highest BCUT2D eigenvalue weighted by Crippen LogP contribution is 2.28. The Balaban J connectivity index is 1.85. The lowest BCUT2D eigenvalue weighted by Crippen LogP contribution is -2.31. The van der Waals surface area contributed by atoms with Gasteiger partial charge in [-0.25, -0.2) is 9.48 Å². The predicted octanol–water partition coefficient (Wildman–Crippen LogP) is 4.85. The molecule has 30 heavy (non-hydrogen) atoms. The van der Waals surface area contributed by atoms with Gasteiger partial charge in [-0.05, 0) is 42.2 Å². The van der Waals surface area contributed by atoms with Crippen molar-refractivity contribution in [2.75, 3.05) is 5.88 Å². The highest BCUT2D eigenvalue weighted by Gasteiger charge is 2.25. The summed E-state index contributed by atoms with van der Waals surface area (Å²) in [7, 11) is 0. The molecule has 0 spiro atoms. The number of halogens is 2. The first-order valence-corrected chi connectivity index (χ1v) is 10.7. The fourth-order valence-electron chi connectivity index (χ4n) is 3.53. The van der Waals surface area contributed by atoms with E-state index in [1.165, 1.54) is 9.25 Å². The first kappa shape index (κ1) is 22.3. The van der Waals surface area contributed by atoms with Crippen molar-refractivity contribution in [3.8, 4) is 11.4 Å². The van der Waals surface area contributed by atoms with Crippen LogP contribution in [0.3, 0.4) is 0 Å². The van der Waals surface area contributed by atoms with Crippen LogP contribution in [0.2, 0.25) is 5.02 Å². The monoisotopic (exact) mass is 445 g/mol. The van der Waals surface area contributed by atoms with Gasteiger partial charge in [-0.2, -0.15) is 0 Å². The second kappa shape index (κ2) is 9.19. The van der Waals surface area contributed by atoms with E-state index in [0.717, 1.165) is 16.7 Å². The van der Waals surface area contributed by atoms with Crippen molar-refractivity contribution in [3.63, 3.8) is 0 Å². The fourth-order valence-corrected chi connectivity index (χ4v) is 3.82. The van der Waals surface area contributed by atoms with E-state index in [2.05, 4.69) is 11.2 Å². The van der Waals surface area contributed by atoms with Gasteiger partial charge in [-0.3, -0.25) is 9.36 Å². The Bertz CT molecular complexity index is 1100. The molecule has 0 atom stereocenters. The summed E-state index contributed by atoms with van der Waals surface area (Å²) in [4.78, 5) is 25.7. The van der Waals surface area contributed by atoms with E-state index in [1.54, 1.807) is 24.3 Å². The molecule has 3 rings (SSSR count). The summed E-state index contributed by atoms with van der Waals surface area (Å²) in [5.41, 5.74) is 2.30. The second-order valence-electron chi connectivity index (χ2n) is 8.08. The molecule has 0 saturated carbocycles. The molecule has 1 heterocycles. The van der Waals surface area contributed by atoms with Gasteiger partial charge in [0.05, 0.1) is 0 Å². The van der Waals surface area contributed by atoms with Gasteiger partial charge in [-0.15, -0.1) is 16.7 Å². The van der Waals surface area contributed by atoms with Gasteiger partial charge < -0.3 is 0 Å². The maximum Gasteiger partial charge on any atom is 0.346 e. The molecular formula is C23H25Cl2N3O2. The number of carbonyl (C=O) groups is 1. The van der Waals surface area contributed by atoms with Crippen LogP contribution in [0, 0.1) is 6.92 Å². The summed E-state index contributed by atoms with van der Waals surface area (Å²) >= 11 is 11.9. The maximum atomic E-state index is 12.9. The summed E-state index contributed by atoms with van der Waals surface area (Å²) in [5, 5.41) is 5.03. The molecule has 0 radical (unpaired) electrons. The van der Waals surface area contributed by atoms with Crippen LogP contribution in [0.25, 0.3) is 11.4 Å². The van der Waals surface area contributed by atoms with Crippen LogP contribution in [0.1, 0.15) is 31.4 Å². The normalized spacial score (nSPS) is 11.6. The summed E-state index contributed by atoms with van der Waals surface area (Å²) < 4.78 is 2.72. The quantitative estimate of drug-likeness (QED) is 0.465. The summed E-state index contributed by atoms with van der Waals surface area (Å²) in [6.45, 7) is 6.33. The van der Waals surface area contributed by atoms with Crippen LogP contribution in [0.4, 0.5) is 0 Å². The van der Waals surface area contributed by atoms with Crippen LogP contribution < -0.4 is 5.69 Å². The van der Waals surface area contributed by atoms with Crippen molar-refractivity contribution in [1.29, 1.82) is 0 Å². The predicted molar refractivity (Wildman–Crippen MR) is 121 cm³/mol. The Hall–Kier alpha value is -2.37. The van der Waals surface area contributed by atoms with Crippen LogP contribution in [-0.4, -0.2) is 26.0 Å². The van der Waals surface area contributed by atoms with Crippen molar-refractivity contribution < 1.29 is 4.79 Å². The average molecular weight is 446 g/mol. The molecule has 3 aromatic rings. The van der Waals surface area contributed by atoms with Crippen molar-refractivity contribution in [1.82, 2.24) is 14.3 Å². The average Bonchev–Trinajstić information content (AvgIpc) is 2.98. The van der Waals surface area contributed by atoms with Gasteiger partial charge in [0, 0.05) is 29.4 Å². The number of hydrogen-bond donors (Lipinski definition) is 0. The lowest BCUT2D eigenvalue weighted by atomic mass is 9.79. The first-order valence-electron chi connectivity index (χ1n) is 9.79. The molecule has 7 heteroatoms. The van der Waals surface area contributed by atoms with Gasteiger partial charge in [0.25, 0.3) is 0 Å². The number of nitrogens with zero attached hydrogens (tertiary/aromatic N) is 3. The van der Waals surface area contributed by atoms with Gasteiger partial charge in [0.15, 0.2) is 11.6 Å². The van der Waals surface area contributed by atoms with Crippen LogP contribution in [0.5, 0.6) is 0 Å².